The van der Waals surface area contributed by atoms with Crippen LogP contribution in [0.1, 0.15) is 32.1 Å². The molecule has 2 bridgehead atoms. The van der Waals surface area contributed by atoms with Crippen molar-refractivity contribution in [3.05, 3.63) is 0 Å². The second-order valence-corrected chi connectivity index (χ2v) is 4.09. The number of rotatable bonds is 0. The van der Waals surface area contributed by atoms with E-state index in [9.17, 15) is 0 Å². The minimum absolute atomic E-state index is 0.531. The summed E-state index contributed by atoms with van der Waals surface area (Å²) in [6.07, 6.45) is 7.02. The predicted molar refractivity (Wildman–Crippen MR) is 39.7 cm³/mol. The Morgan fingerprint density at radius 3 is 2.56 bits per heavy atom. The summed E-state index contributed by atoms with van der Waals surface area (Å²) >= 11 is 6.11. The standard InChI is InChI=1S/C8H13Cl/c9-8-4-2-6-1-3-7(8)5-6/h6-8H,1-5H2/t6-,7-,8-/m0/s1. The van der Waals surface area contributed by atoms with E-state index in [0.29, 0.717) is 5.38 Å². The maximum absolute atomic E-state index is 6.11. The first-order chi connectivity index (χ1) is 4.36. The van der Waals surface area contributed by atoms with Gasteiger partial charge in [0.15, 0.2) is 0 Å². The third kappa shape index (κ3) is 0.980. The van der Waals surface area contributed by atoms with Crippen LogP contribution in [0.15, 0.2) is 0 Å². The molecule has 1 heteroatoms. The molecule has 2 fully saturated rings. The first kappa shape index (κ1) is 6.03. The molecule has 9 heavy (non-hydrogen) atoms. The molecule has 0 aliphatic heterocycles. The molecule has 0 spiro atoms. The molecule has 0 heterocycles. The second kappa shape index (κ2) is 2.16. The van der Waals surface area contributed by atoms with Gasteiger partial charge in [0, 0.05) is 5.38 Å². The molecule has 0 N–H and O–H groups in total. The summed E-state index contributed by atoms with van der Waals surface area (Å²) in [7, 11) is 0. The SMILES string of the molecule is Cl[C@H]1CC[C@@H]2CC[C@H]1C2. The highest BCUT2D eigenvalue weighted by Gasteiger charge is 2.34. The lowest BCUT2D eigenvalue weighted by Gasteiger charge is -2.23. The molecule has 52 valence electrons. The quantitative estimate of drug-likeness (QED) is 0.459. The Balaban J connectivity index is 2.05. The van der Waals surface area contributed by atoms with Crippen molar-refractivity contribution in [1.29, 1.82) is 0 Å². The van der Waals surface area contributed by atoms with Crippen LogP contribution in [0.4, 0.5) is 0 Å². The highest BCUT2D eigenvalue weighted by Crippen LogP contribution is 2.43. The van der Waals surface area contributed by atoms with Crippen LogP contribution < -0.4 is 0 Å². The minimum Gasteiger partial charge on any atom is -0.123 e. The lowest BCUT2D eigenvalue weighted by atomic mass is 9.89. The zero-order chi connectivity index (χ0) is 6.27. The van der Waals surface area contributed by atoms with Gasteiger partial charge in [0.1, 0.15) is 0 Å². The Morgan fingerprint density at radius 1 is 1.00 bits per heavy atom. The molecule has 3 atom stereocenters. The maximum Gasteiger partial charge on any atom is 0.0364 e. The summed E-state index contributed by atoms with van der Waals surface area (Å²) in [4.78, 5) is 0. The summed E-state index contributed by atoms with van der Waals surface area (Å²) in [6, 6.07) is 0. The molecule has 0 saturated heterocycles. The van der Waals surface area contributed by atoms with Gasteiger partial charge in [0.25, 0.3) is 0 Å². The van der Waals surface area contributed by atoms with Crippen LogP contribution in [0.2, 0.25) is 0 Å². The topological polar surface area (TPSA) is 0 Å². The number of halogens is 1. The first-order valence-corrected chi connectivity index (χ1v) is 4.44. The smallest absolute Gasteiger partial charge is 0.0364 e. The second-order valence-electron chi connectivity index (χ2n) is 3.53. The Kier molecular flexibility index (Phi) is 1.45. The van der Waals surface area contributed by atoms with Gasteiger partial charge in [-0.05, 0) is 37.5 Å². The van der Waals surface area contributed by atoms with Crippen LogP contribution in [0.3, 0.4) is 0 Å². The molecule has 2 aliphatic carbocycles. The van der Waals surface area contributed by atoms with E-state index in [4.69, 9.17) is 11.6 Å². The third-order valence-electron chi connectivity index (χ3n) is 2.94. The molecule has 0 amide bonds. The molecule has 0 nitrogen and oxygen atoms in total. The largest absolute Gasteiger partial charge is 0.123 e. The molecule has 2 saturated carbocycles. The first-order valence-electron chi connectivity index (χ1n) is 4.00. The molecule has 0 unspecified atom stereocenters. The molecular formula is C8H13Cl. The van der Waals surface area contributed by atoms with E-state index in [1.54, 1.807) is 0 Å². The third-order valence-corrected chi connectivity index (χ3v) is 3.52. The maximum atomic E-state index is 6.11. The van der Waals surface area contributed by atoms with Crippen molar-refractivity contribution < 1.29 is 0 Å². The van der Waals surface area contributed by atoms with Crippen LogP contribution in [0, 0.1) is 11.8 Å². The monoisotopic (exact) mass is 144 g/mol. The number of hydrogen-bond donors (Lipinski definition) is 0. The fourth-order valence-electron chi connectivity index (χ4n) is 2.33. The van der Waals surface area contributed by atoms with E-state index in [2.05, 4.69) is 0 Å². The molecule has 2 rings (SSSR count). The summed E-state index contributed by atoms with van der Waals surface area (Å²) in [6.45, 7) is 0. The van der Waals surface area contributed by atoms with Gasteiger partial charge >= 0.3 is 0 Å². The van der Waals surface area contributed by atoms with Gasteiger partial charge in [-0.25, -0.2) is 0 Å². The number of fused-ring (bicyclic) bond motifs is 2. The Bertz CT molecular complexity index is 111. The van der Waals surface area contributed by atoms with Gasteiger partial charge in [0.2, 0.25) is 0 Å². The van der Waals surface area contributed by atoms with Crippen LogP contribution in [-0.4, -0.2) is 5.38 Å². The Morgan fingerprint density at radius 2 is 1.78 bits per heavy atom. The number of hydrogen-bond acceptors (Lipinski definition) is 0. The highest BCUT2D eigenvalue weighted by atomic mass is 35.5. The summed E-state index contributed by atoms with van der Waals surface area (Å²) in [5.41, 5.74) is 0. The van der Waals surface area contributed by atoms with E-state index < -0.39 is 0 Å². The van der Waals surface area contributed by atoms with Crippen molar-refractivity contribution in [2.45, 2.75) is 37.5 Å². The van der Waals surface area contributed by atoms with Gasteiger partial charge in [-0.2, -0.15) is 0 Å². The van der Waals surface area contributed by atoms with Crippen molar-refractivity contribution >= 4 is 11.6 Å². The summed E-state index contributed by atoms with van der Waals surface area (Å²) in [5, 5.41) is 0.531. The predicted octanol–water partition coefficient (Wildman–Crippen LogP) is 2.80. The minimum atomic E-state index is 0.531. The molecule has 0 aromatic rings. The van der Waals surface area contributed by atoms with Gasteiger partial charge in [0.05, 0.1) is 0 Å². The van der Waals surface area contributed by atoms with Crippen LogP contribution in [0.25, 0.3) is 0 Å². The summed E-state index contributed by atoms with van der Waals surface area (Å²) in [5.74, 6) is 1.95. The lowest BCUT2D eigenvalue weighted by Crippen LogP contribution is -2.17. The molecule has 0 radical (unpaired) electrons. The number of alkyl halides is 1. The van der Waals surface area contributed by atoms with Gasteiger partial charge < -0.3 is 0 Å². The average Bonchev–Trinajstić information content (AvgIpc) is 2.25. The van der Waals surface area contributed by atoms with Crippen molar-refractivity contribution in [1.82, 2.24) is 0 Å². The molecule has 2 aliphatic rings. The molecular weight excluding hydrogens is 132 g/mol. The van der Waals surface area contributed by atoms with Gasteiger partial charge in [-0.1, -0.05) is 6.42 Å². The Labute approximate surface area is 61.6 Å². The average molecular weight is 145 g/mol. The van der Waals surface area contributed by atoms with E-state index in [1.165, 1.54) is 32.1 Å². The zero-order valence-corrected chi connectivity index (χ0v) is 6.40. The van der Waals surface area contributed by atoms with Gasteiger partial charge in [-0.15, -0.1) is 11.6 Å². The lowest BCUT2D eigenvalue weighted by molar-refractivity contribution is 0.365. The van der Waals surface area contributed by atoms with E-state index >= 15 is 0 Å². The van der Waals surface area contributed by atoms with Crippen molar-refractivity contribution in [2.24, 2.45) is 11.8 Å². The normalized spacial score (nSPS) is 49.7. The van der Waals surface area contributed by atoms with Crippen molar-refractivity contribution in [3.8, 4) is 0 Å². The van der Waals surface area contributed by atoms with E-state index in [1.807, 2.05) is 0 Å². The van der Waals surface area contributed by atoms with E-state index in [-0.39, 0.29) is 0 Å². The fourth-order valence-corrected chi connectivity index (χ4v) is 2.69. The fraction of sp³-hybridized carbons (Fsp3) is 1.00. The molecule has 0 aromatic heterocycles. The zero-order valence-electron chi connectivity index (χ0n) is 5.65. The molecule has 0 aromatic carbocycles. The highest BCUT2D eigenvalue weighted by molar-refractivity contribution is 6.20. The van der Waals surface area contributed by atoms with Crippen LogP contribution in [-0.2, 0) is 0 Å². The Hall–Kier alpha value is 0.290. The van der Waals surface area contributed by atoms with Crippen molar-refractivity contribution in [2.75, 3.05) is 0 Å². The van der Waals surface area contributed by atoms with Crippen LogP contribution in [0.5, 0.6) is 0 Å². The van der Waals surface area contributed by atoms with Crippen LogP contribution >= 0.6 is 11.6 Å². The van der Waals surface area contributed by atoms with E-state index in [0.717, 1.165) is 11.8 Å². The van der Waals surface area contributed by atoms with Crippen molar-refractivity contribution in [3.63, 3.8) is 0 Å². The summed E-state index contributed by atoms with van der Waals surface area (Å²) < 4.78 is 0. The van der Waals surface area contributed by atoms with Gasteiger partial charge in [-0.3, -0.25) is 0 Å².